The van der Waals surface area contributed by atoms with Gasteiger partial charge in [0, 0.05) is 0 Å². The molecule has 0 unspecified atom stereocenters. The van der Waals surface area contributed by atoms with Gasteiger partial charge in [-0.1, -0.05) is 74.6 Å². The predicted molar refractivity (Wildman–Crippen MR) is 108 cm³/mol. The fourth-order valence-electron chi connectivity index (χ4n) is 2.98. The Hall–Kier alpha value is -1.80. The lowest BCUT2D eigenvalue weighted by Gasteiger charge is -2.09. The fourth-order valence-corrected chi connectivity index (χ4v) is 2.98. The van der Waals surface area contributed by atoms with Crippen molar-refractivity contribution in [2.24, 2.45) is 0 Å². The van der Waals surface area contributed by atoms with Gasteiger partial charge in [0.2, 0.25) is 0 Å². The number of unbranched alkanes of at least 4 members (excludes halogenated alkanes) is 6. The van der Waals surface area contributed by atoms with E-state index in [1.807, 2.05) is 6.07 Å². The second-order valence-electron chi connectivity index (χ2n) is 7.02. The zero-order chi connectivity index (χ0) is 17.7. The van der Waals surface area contributed by atoms with E-state index in [0.29, 0.717) is 0 Å². The molecule has 2 aromatic carbocycles. The van der Waals surface area contributed by atoms with Crippen LogP contribution >= 0.6 is 0 Å². The molecule has 2 heteroatoms. The van der Waals surface area contributed by atoms with Crippen molar-refractivity contribution in [2.75, 3.05) is 27.2 Å². The molecule has 2 nitrogen and oxygen atoms in total. The van der Waals surface area contributed by atoms with Crippen LogP contribution in [-0.4, -0.2) is 32.1 Å². The fraction of sp³-hybridized carbons (Fsp3) is 0.478. The topological polar surface area (TPSA) is 12.5 Å². The van der Waals surface area contributed by atoms with Crippen molar-refractivity contribution in [3.8, 4) is 16.9 Å². The van der Waals surface area contributed by atoms with Crippen molar-refractivity contribution < 1.29 is 4.74 Å². The van der Waals surface area contributed by atoms with Crippen LogP contribution in [0.2, 0.25) is 0 Å². The minimum absolute atomic E-state index is 0.825. The van der Waals surface area contributed by atoms with E-state index in [-0.39, 0.29) is 0 Å². The average Bonchev–Trinajstić information content (AvgIpc) is 2.64. The maximum Gasteiger partial charge on any atom is 0.119 e. The third-order valence-electron chi connectivity index (χ3n) is 4.48. The SMILES string of the molecule is CN(C)CCCCCCCCCOc1ccc(-c2ccccc2)cc1. The summed E-state index contributed by atoms with van der Waals surface area (Å²) in [5, 5.41) is 0. The van der Waals surface area contributed by atoms with Gasteiger partial charge >= 0.3 is 0 Å². The van der Waals surface area contributed by atoms with E-state index in [2.05, 4.69) is 67.5 Å². The molecular formula is C23H33NO. The Bertz CT molecular complexity index is 562. The zero-order valence-corrected chi connectivity index (χ0v) is 15.9. The summed E-state index contributed by atoms with van der Waals surface area (Å²) in [7, 11) is 4.30. The van der Waals surface area contributed by atoms with E-state index in [0.717, 1.165) is 18.8 Å². The Labute approximate surface area is 153 Å². The maximum atomic E-state index is 5.86. The first-order chi connectivity index (χ1) is 12.3. The van der Waals surface area contributed by atoms with Crippen molar-refractivity contribution in [3.05, 3.63) is 54.6 Å². The summed E-state index contributed by atoms with van der Waals surface area (Å²) in [4.78, 5) is 2.27. The van der Waals surface area contributed by atoms with Crippen LogP contribution in [0, 0.1) is 0 Å². The highest BCUT2D eigenvalue weighted by molar-refractivity contribution is 5.63. The summed E-state index contributed by atoms with van der Waals surface area (Å²) in [6.45, 7) is 2.04. The van der Waals surface area contributed by atoms with Crippen molar-refractivity contribution in [1.82, 2.24) is 4.90 Å². The second-order valence-corrected chi connectivity index (χ2v) is 7.02. The largest absolute Gasteiger partial charge is 0.494 e. The Morgan fingerprint density at radius 1 is 0.640 bits per heavy atom. The molecule has 0 aliphatic rings. The van der Waals surface area contributed by atoms with Gasteiger partial charge in [-0.2, -0.15) is 0 Å². The molecular weight excluding hydrogens is 306 g/mol. The van der Waals surface area contributed by atoms with Crippen LogP contribution in [0.3, 0.4) is 0 Å². The second kappa shape index (κ2) is 11.7. The monoisotopic (exact) mass is 339 g/mol. The van der Waals surface area contributed by atoms with Gasteiger partial charge in [-0.3, -0.25) is 0 Å². The van der Waals surface area contributed by atoms with E-state index >= 15 is 0 Å². The lowest BCUT2D eigenvalue weighted by atomic mass is 10.1. The van der Waals surface area contributed by atoms with Gasteiger partial charge in [0.25, 0.3) is 0 Å². The normalized spacial score (nSPS) is 11.0. The third kappa shape index (κ3) is 8.22. The van der Waals surface area contributed by atoms with E-state index < -0.39 is 0 Å². The molecule has 0 aliphatic heterocycles. The Kier molecular flexibility index (Phi) is 9.14. The lowest BCUT2D eigenvalue weighted by Crippen LogP contribution is -2.12. The molecule has 0 N–H and O–H groups in total. The molecule has 0 bridgehead atoms. The number of ether oxygens (including phenoxy) is 1. The summed E-state index contributed by atoms with van der Waals surface area (Å²) < 4.78 is 5.86. The van der Waals surface area contributed by atoms with Crippen molar-refractivity contribution in [2.45, 2.75) is 44.9 Å². The van der Waals surface area contributed by atoms with E-state index in [4.69, 9.17) is 4.74 Å². The molecule has 0 spiro atoms. The maximum absolute atomic E-state index is 5.86. The molecule has 2 rings (SSSR count). The summed E-state index contributed by atoms with van der Waals surface area (Å²) in [5.74, 6) is 0.975. The molecule has 2 aromatic rings. The third-order valence-corrected chi connectivity index (χ3v) is 4.48. The minimum Gasteiger partial charge on any atom is -0.494 e. The van der Waals surface area contributed by atoms with E-state index in [1.54, 1.807) is 0 Å². The van der Waals surface area contributed by atoms with Gasteiger partial charge in [-0.05, 0) is 56.7 Å². The highest BCUT2D eigenvalue weighted by atomic mass is 16.5. The first-order valence-electron chi connectivity index (χ1n) is 9.69. The molecule has 0 heterocycles. The molecule has 136 valence electrons. The van der Waals surface area contributed by atoms with Crippen molar-refractivity contribution in [1.29, 1.82) is 0 Å². The summed E-state index contributed by atoms with van der Waals surface area (Å²) in [6, 6.07) is 18.9. The molecule has 0 radical (unpaired) electrons. The number of hydrogen-bond donors (Lipinski definition) is 0. The first-order valence-corrected chi connectivity index (χ1v) is 9.69. The molecule has 0 saturated carbocycles. The van der Waals surface area contributed by atoms with Gasteiger partial charge < -0.3 is 9.64 Å². The van der Waals surface area contributed by atoms with Crippen molar-refractivity contribution >= 4 is 0 Å². The Morgan fingerprint density at radius 3 is 1.84 bits per heavy atom. The molecule has 0 saturated heterocycles. The highest BCUT2D eigenvalue weighted by Crippen LogP contribution is 2.22. The van der Waals surface area contributed by atoms with E-state index in [9.17, 15) is 0 Å². The lowest BCUT2D eigenvalue weighted by molar-refractivity contribution is 0.304. The number of nitrogens with zero attached hydrogens (tertiary/aromatic N) is 1. The van der Waals surface area contributed by atoms with Gasteiger partial charge in [0.05, 0.1) is 6.61 Å². The zero-order valence-electron chi connectivity index (χ0n) is 15.9. The summed E-state index contributed by atoms with van der Waals surface area (Å²) in [6.07, 6.45) is 9.18. The van der Waals surface area contributed by atoms with Crippen LogP contribution in [0.5, 0.6) is 5.75 Å². The van der Waals surface area contributed by atoms with E-state index in [1.165, 1.54) is 56.2 Å². The van der Waals surface area contributed by atoms with Gasteiger partial charge in [0.15, 0.2) is 0 Å². The molecule has 0 aromatic heterocycles. The van der Waals surface area contributed by atoms with Crippen LogP contribution in [0.4, 0.5) is 0 Å². The first kappa shape index (κ1) is 19.5. The number of benzene rings is 2. The van der Waals surface area contributed by atoms with Crippen LogP contribution in [0.1, 0.15) is 44.9 Å². The number of rotatable bonds is 12. The molecule has 0 aliphatic carbocycles. The quantitative estimate of drug-likeness (QED) is 0.438. The van der Waals surface area contributed by atoms with Gasteiger partial charge in [-0.15, -0.1) is 0 Å². The molecule has 0 amide bonds. The summed E-state index contributed by atoms with van der Waals surface area (Å²) in [5.41, 5.74) is 2.49. The van der Waals surface area contributed by atoms with Crippen LogP contribution in [0.25, 0.3) is 11.1 Å². The minimum atomic E-state index is 0.825. The number of hydrogen-bond acceptors (Lipinski definition) is 2. The van der Waals surface area contributed by atoms with Gasteiger partial charge in [0.1, 0.15) is 5.75 Å². The predicted octanol–water partition coefficient (Wildman–Crippen LogP) is 6.02. The van der Waals surface area contributed by atoms with Gasteiger partial charge in [-0.25, -0.2) is 0 Å². The standard InChI is InChI=1S/C23H33NO/c1-24(2)19-11-6-4-3-5-7-12-20-25-23-17-15-22(16-18-23)21-13-9-8-10-14-21/h8-10,13-18H,3-7,11-12,19-20H2,1-2H3. The summed E-state index contributed by atoms with van der Waals surface area (Å²) >= 11 is 0. The average molecular weight is 340 g/mol. The smallest absolute Gasteiger partial charge is 0.119 e. The van der Waals surface area contributed by atoms with Crippen LogP contribution in [-0.2, 0) is 0 Å². The molecule has 0 atom stereocenters. The molecule has 0 fully saturated rings. The Morgan fingerprint density at radius 2 is 1.20 bits per heavy atom. The van der Waals surface area contributed by atoms with Crippen LogP contribution < -0.4 is 4.74 Å². The molecule has 25 heavy (non-hydrogen) atoms. The Balaban J connectivity index is 1.52. The highest BCUT2D eigenvalue weighted by Gasteiger charge is 1.98. The van der Waals surface area contributed by atoms with Crippen molar-refractivity contribution in [3.63, 3.8) is 0 Å². The van der Waals surface area contributed by atoms with Crippen LogP contribution in [0.15, 0.2) is 54.6 Å².